The van der Waals surface area contributed by atoms with Gasteiger partial charge in [-0.05, 0) is 29.9 Å². The van der Waals surface area contributed by atoms with Crippen molar-refractivity contribution in [2.75, 3.05) is 0 Å². The highest BCUT2D eigenvalue weighted by Crippen LogP contribution is 2.27. The van der Waals surface area contributed by atoms with Crippen LogP contribution in [-0.2, 0) is 11.3 Å². The molecular formula is C15H19NO2. The Bertz CT molecular complexity index is 569. The Morgan fingerprint density at radius 3 is 2.61 bits per heavy atom. The van der Waals surface area contributed by atoms with Crippen molar-refractivity contribution in [1.82, 2.24) is 4.57 Å². The number of carboxylic acids is 1. The zero-order valence-electron chi connectivity index (χ0n) is 11.1. The summed E-state index contributed by atoms with van der Waals surface area (Å²) in [5, 5.41) is 10.3. The Hall–Kier alpha value is -1.77. The molecule has 3 nitrogen and oxygen atoms in total. The maximum absolute atomic E-state index is 11.2. The molecule has 1 aromatic carbocycles. The number of rotatable bonds is 4. The Kier molecular flexibility index (Phi) is 3.41. The van der Waals surface area contributed by atoms with Crippen molar-refractivity contribution in [3.63, 3.8) is 0 Å². The van der Waals surface area contributed by atoms with Gasteiger partial charge in [0.2, 0.25) is 0 Å². The second kappa shape index (κ2) is 4.84. The summed E-state index contributed by atoms with van der Waals surface area (Å²) in [6.45, 7) is 6.97. The van der Waals surface area contributed by atoms with Gasteiger partial charge in [0, 0.05) is 12.7 Å². The number of benzene rings is 1. The smallest absolute Gasteiger partial charge is 0.310 e. The van der Waals surface area contributed by atoms with E-state index in [1.54, 1.807) is 6.92 Å². The average molecular weight is 245 g/mol. The van der Waals surface area contributed by atoms with Gasteiger partial charge in [0.1, 0.15) is 0 Å². The molecule has 1 N–H and O–H groups in total. The minimum atomic E-state index is -0.778. The van der Waals surface area contributed by atoms with Gasteiger partial charge >= 0.3 is 5.97 Å². The Balaban J connectivity index is 2.58. The predicted molar refractivity (Wildman–Crippen MR) is 72.8 cm³/mol. The third-order valence-electron chi connectivity index (χ3n) is 3.22. The lowest BCUT2D eigenvalue weighted by atomic mass is 9.99. The van der Waals surface area contributed by atoms with E-state index in [2.05, 4.69) is 24.5 Å². The van der Waals surface area contributed by atoms with E-state index >= 15 is 0 Å². The molecule has 0 amide bonds. The zero-order valence-corrected chi connectivity index (χ0v) is 11.1. The number of aromatic nitrogens is 1. The van der Waals surface area contributed by atoms with Gasteiger partial charge in [0.15, 0.2) is 0 Å². The molecule has 0 saturated heterocycles. The van der Waals surface area contributed by atoms with Gasteiger partial charge in [-0.15, -0.1) is 0 Å². The summed E-state index contributed by atoms with van der Waals surface area (Å²) >= 11 is 0. The van der Waals surface area contributed by atoms with Crippen molar-refractivity contribution in [3.8, 4) is 0 Å². The maximum atomic E-state index is 11.2. The van der Waals surface area contributed by atoms with Crippen LogP contribution >= 0.6 is 0 Å². The van der Waals surface area contributed by atoms with Crippen LogP contribution in [0.5, 0.6) is 0 Å². The van der Waals surface area contributed by atoms with E-state index in [0.29, 0.717) is 5.92 Å². The van der Waals surface area contributed by atoms with E-state index in [9.17, 15) is 9.90 Å². The van der Waals surface area contributed by atoms with Crippen LogP contribution < -0.4 is 0 Å². The van der Waals surface area contributed by atoms with E-state index in [0.717, 1.165) is 23.0 Å². The molecule has 2 aromatic rings. The van der Waals surface area contributed by atoms with Gasteiger partial charge in [0.25, 0.3) is 0 Å². The summed E-state index contributed by atoms with van der Waals surface area (Å²) < 4.78 is 2.16. The number of carboxylic acid groups (broad SMARTS) is 1. The molecule has 0 spiro atoms. The van der Waals surface area contributed by atoms with E-state index in [4.69, 9.17) is 0 Å². The van der Waals surface area contributed by atoms with Crippen molar-refractivity contribution in [2.24, 2.45) is 5.92 Å². The fourth-order valence-electron chi connectivity index (χ4n) is 2.32. The van der Waals surface area contributed by atoms with E-state index in [1.165, 1.54) is 0 Å². The number of carbonyl (C=O) groups is 1. The summed E-state index contributed by atoms with van der Waals surface area (Å²) in [4.78, 5) is 11.2. The minimum absolute atomic E-state index is 0.477. The first-order valence-corrected chi connectivity index (χ1v) is 6.31. The molecule has 1 atom stereocenters. The lowest BCUT2D eigenvalue weighted by molar-refractivity contribution is -0.138. The second-order valence-corrected chi connectivity index (χ2v) is 5.21. The monoisotopic (exact) mass is 245 g/mol. The standard InChI is InChI=1S/C15H19NO2/c1-10(2)9-16-8-7-12-5-4-6-13(14(12)16)11(3)15(17)18/h4-8,10-11H,9H2,1-3H3,(H,17,18). The van der Waals surface area contributed by atoms with Gasteiger partial charge in [-0.1, -0.05) is 32.0 Å². The lowest BCUT2D eigenvalue weighted by Crippen LogP contribution is -2.10. The molecule has 0 aliphatic rings. The maximum Gasteiger partial charge on any atom is 0.310 e. The molecule has 18 heavy (non-hydrogen) atoms. The molecule has 96 valence electrons. The van der Waals surface area contributed by atoms with Crippen LogP contribution in [0.1, 0.15) is 32.3 Å². The van der Waals surface area contributed by atoms with Gasteiger partial charge in [-0.2, -0.15) is 0 Å². The quantitative estimate of drug-likeness (QED) is 0.896. The van der Waals surface area contributed by atoms with Crippen LogP contribution in [0.4, 0.5) is 0 Å². The molecule has 0 saturated carbocycles. The molecule has 2 rings (SSSR count). The van der Waals surface area contributed by atoms with Gasteiger partial charge in [-0.25, -0.2) is 0 Å². The van der Waals surface area contributed by atoms with Crippen LogP contribution in [0.15, 0.2) is 30.5 Å². The van der Waals surface area contributed by atoms with Gasteiger partial charge < -0.3 is 9.67 Å². The normalized spacial score (nSPS) is 13.1. The third-order valence-corrected chi connectivity index (χ3v) is 3.22. The van der Waals surface area contributed by atoms with Crippen LogP contribution in [0.3, 0.4) is 0 Å². The third kappa shape index (κ3) is 2.26. The largest absolute Gasteiger partial charge is 0.481 e. The summed E-state index contributed by atoms with van der Waals surface area (Å²) in [5.74, 6) is -0.719. The topological polar surface area (TPSA) is 42.2 Å². The second-order valence-electron chi connectivity index (χ2n) is 5.21. The molecule has 1 unspecified atom stereocenters. The molecule has 1 aromatic heterocycles. The number of nitrogens with zero attached hydrogens (tertiary/aromatic N) is 1. The van der Waals surface area contributed by atoms with Crippen LogP contribution in [-0.4, -0.2) is 15.6 Å². The first-order chi connectivity index (χ1) is 8.50. The summed E-state index contributed by atoms with van der Waals surface area (Å²) in [5.41, 5.74) is 1.95. The Morgan fingerprint density at radius 1 is 1.28 bits per heavy atom. The molecule has 0 radical (unpaired) electrons. The van der Waals surface area contributed by atoms with E-state index in [-0.39, 0.29) is 0 Å². The zero-order chi connectivity index (χ0) is 13.3. The summed E-state index contributed by atoms with van der Waals surface area (Å²) in [6.07, 6.45) is 2.04. The molecule has 0 fully saturated rings. The summed E-state index contributed by atoms with van der Waals surface area (Å²) in [7, 11) is 0. The molecule has 0 bridgehead atoms. The van der Waals surface area contributed by atoms with Crippen LogP contribution in [0, 0.1) is 5.92 Å². The Morgan fingerprint density at radius 2 is 2.00 bits per heavy atom. The van der Waals surface area contributed by atoms with Crippen LogP contribution in [0.25, 0.3) is 10.9 Å². The molecule has 3 heteroatoms. The van der Waals surface area contributed by atoms with E-state index < -0.39 is 11.9 Å². The van der Waals surface area contributed by atoms with Crippen molar-refractivity contribution in [2.45, 2.75) is 33.2 Å². The first kappa shape index (κ1) is 12.7. The van der Waals surface area contributed by atoms with Crippen molar-refractivity contribution in [1.29, 1.82) is 0 Å². The van der Waals surface area contributed by atoms with Crippen molar-refractivity contribution >= 4 is 16.9 Å². The van der Waals surface area contributed by atoms with E-state index in [1.807, 2.05) is 24.4 Å². The Labute approximate surface area is 107 Å². The summed E-state index contributed by atoms with van der Waals surface area (Å²) in [6, 6.07) is 7.93. The predicted octanol–water partition coefficient (Wildman–Crippen LogP) is 3.49. The highest BCUT2D eigenvalue weighted by Gasteiger charge is 2.18. The number of aliphatic carboxylic acids is 1. The average Bonchev–Trinajstić information content (AvgIpc) is 2.70. The number of fused-ring (bicyclic) bond motifs is 1. The molecular weight excluding hydrogens is 226 g/mol. The fraction of sp³-hybridized carbons (Fsp3) is 0.400. The molecule has 1 heterocycles. The SMILES string of the molecule is CC(C)Cn1ccc2cccc(C(C)C(=O)O)c21. The highest BCUT2D eigenvalue weighted by atomic mass is 16.4. The van der Waals surface area contributed by atoms with Crippen molar-refractivity contribution in [3.05, 3.63) is 36.0 Å². The molecule has 0 aliphatic carbocycles. The number of hydrogen-bond acceptors (Lipinski definition) is 1. The number of para-hydroxylation sites is 1. The lowest BCUT2D eigenvalue weighted by Gasteiger charge is -2.14. The fourth-order valence-corrected chi connectivity index (χ4v) is 2.32. The van der Waals surface area contributed by atoms with Crippen LogP contribution in [0.2, 0.25) is 0 Å². The van der Waals surface area contributed by atoms with Gasteiger partial charge in [0.05, 0.1) is 11.4 Å². The van der Waals surface area contributed by atoms with Gasteiger partial charge in [-0.3, -0.25) is 4.79 Å². The molecule has 0 aliphatic heterocycles. The number of hydrogen-bond donors (Lipinski definition) is 1. The minimum Gasteiger partial charge on any atom is -0.481 e. The van der Waals surface area contributed by atoms with Crippen molar-refractivity contribution < 1.29 is 9.90 Å². The highest BCUT2D eigenvalue weighted by molar-refractivity contribution is 5.88. The first-order valence-electron chi connectivity index (χ1n) is 6.31.